The zero-order valence-corrected chi connectivity index (χ0v) is 9.78. The first-order chi connectivity index (χ1) is 8.01. The Morgan fingerprint density at radius 2 is 2.12 bits per heavy atom. The molecule has 0 saturated carbocycles. The monoisotopic (exact) mass is 250 g/mol. The zero-order valence-electron chi connectivity index (χ0n) is 9.78. The lowest BCUT2D eigenvalue weighted by molar-refractivity contribution is -0.289. The van der Waals surface area contributed by atoms with Gasteiger partial charge in [0.05, 0.1) is 18.8 Å². The van der Waals surface area contributed by atoms with Crippen LogP contribution in [0, 0.1) is 5.92 Å². The van der Waals surface area contributed by atoms with E-state index in [2.05, 4.69) is 0 Å². The minimum Gasteiger partial charge on any atom is -0.480 e. The Balaban J connectivity index is 2.68. The van der Waals surface area contributed by atoms with Crippen molar-refractivity contribution in [1.29, 1.82) is 0 Å². The normalized spacial score (nSPS) is 38.0. The van der Waals surface area contributed by atoms with Gasteiger partial charge in [-0.25, -0.2) is 4.79 Å². The van der Waals surface area contributed by atoms with Gasteiger partial charge in [0.25, 0.3) is 0 Å². The number of methoxy groups -OCH3 is 1. The van der Waals surface area contributed by atoms with E-state index in [1.165, 1.54) is 7.11 Å². The highest BCUT2D eigenvalue weighted by Gasteiger charge is 2.43. The molecular weight excluding hydrogens is 232 g/mol. The number of aliphatic hydroxyl groups is 2. The summed E-state index contributed by atoms with van der Waals surface area (Å²) < 4.78 is 15.4. The molecule has 2 unspecified atom stereocenters. The maximum Gasteiger partial charge on any atom is 0.329 e. The van der Waals surface area contributed by atoms with Gasteiger partial charge >= 0.3 is 5.97 Å². The van der Waals surface area contributed by atoms with Crippen LogP contribution in [0.5, 0.6) is 0 Å². The van der Waals surface area contributed by atoms with Gasteiger partial charge in [0.1, 0.15) is 12.7 Å². The van der Waals surface area contributed by atoms with Gasteiger partial charge in [-0.3, -0.25) is 0 Å². The molecule has 0 radical (unpaired) electrons. The molecule has 0 aromatic heterocycles. The number of aliphatic carboxylic acids is 1. The van der Waals surface area contributed by atoms with Gasteiger partial charge in [0.2, 0.25) is 0 Å². The zero-order chi connectivity index (χ0) is 13.0. The summed E-state index contributed by atoms with van der Waals surface area (Å²) in [6.07, 6.45) is -3.28. The minimum absolute atomic E-state index is 0.246. The summed E-state index contributed by atoms with van der Waals surface area (Å²) >= 11 is 0. The highest BCUT2D eigenvalue weighted by molar-refractivity contribution is 5.68. The number of carboxylic acid groups (broad SMARTS) is 1. The fraction of sp³-hybridized carbons (Fsp3) is 0.900. The molecule has 1 rings (SSSR count). The van der Waals surface area contributed by atoms with Crippen LogP contribution in [0.4, 0.5) is 0 Å². The summed E-state index contributed by atoms with van der Waals surface area (Å²) in [4.78, 5) is 10.4. The molecule has 0 amide bonds. The average molecular weight is 250 g/mol. The average Bonchev–Trinajstić information content (AvgIpc) is 2.30. The number of carbonyl (C=O) groups is 1. The van der Waals surface area contributed by atoms with Crippen molar-refractivity contribution in [2.24, 2.45) is 5.92 Å². The minimum atomic E-state index is -1.14. The molecule has 17 heavy (non-hydrogen) atoms. The molecule has 3 N–H and O–H groups in total. The quantitative estimate of drug-likeness (QED) is 0.563. The van der Waals surface area contributed by atoms with E-state index in [4.69, 9.17) is 24.4 Å². The predicted octanol–water partition coefficient (Wildman–Crippen LogP) is -1.18. The SMILES string of the molecule is CO[C@@H]1OC(CO)[C@@H](C)[C@H](O)C1OCC(=O)O. The molecular formula is C10H18O7. The molecule has 0 spiro atoms. The fourth-order valence-electron chi connectivity index (χ4n) is 1.80. The van der Waals surface area contributed by atoms with Gasteiger partial charge in [-0.2, -0.15) is 0 Å². The third kappa shape index (κ3) is 3.36. The summed E-state index contributed by atoms with van der Waals surface area (Å²) in [6.45, 7) is 0.903. The van der Waals surface area contributed by atoms with E-state index in [0.717, 1.165) is 0 Å². The number of aliphatic hydroxyl groups excluding tert-OH is 2. The van der Waals surface area contributed by atoms with Crippen molar-refractivity contribution in [2.75, 3.05) is 20.3 Å². The van der Waals surface area contributed by atoms with E-state index in [0.29, 0.717) is 0 Å². The van der Waals surface area contributed by atoms with E-state index in [1.807, 2.05) is 0 Å². The summed E-state index contributed by atoms with van der Waals surface area (Å²) in [5.74, 6) is -1.51. The molecule has 1 fully saturated rings. The molecule has 100 valence electrons. The summed E-state index contributed by atoms with van der Waals surface area (Å²) in [5, 5.41) is 27.6. The summed E-state index contributed by atoms with van der Waals surface area (Å²) in [7, 11) is 1.36. The van der Waals surface area contributed by atoms with Crippen molar-refractivity contribution in [3.8, 4) is 0 Å². The van der Waals surface area contributed by atoms with Crippen LogP contribution < -0.4 is 0 Å². The standard InChI is InChI=1S/C10H18O7/c1-5-6(3-11)17-10(15-2)9(8(5)14)16-4-7(12)13/h5-6,8-11,14H,3-4H2,1-2H3,(H,12,13)/t5-,6?,8+,9?,10-/m1/s1. The topological polar surface area (TPSA) is 105 Å². The fourth-order valence-corrected chi connectivity index (χ4v) is 1.80. The molecule has 1 aliphatic heterocycles. The van der Waals surface area contributed by atoms with Gasteiger partial charge in [-0.05, 0) is 0 Å². The van der Waals surface area contributed by atoms with Crippen LogP contribution in [0.3, 0.4) is 0 Å². The van der Waals surface area contributed by atoms with Crippen LogP contribution in [-0.2, 0) is 19.0 Å². The molecule has 0 bridgehead atoms. The van der Waals surface area contributed by atoms with Crippen LogP contribution in [0.1, 0.15) is 6.92 Å². The van der Waals surface area contributed by atoms with Crippen LogP contribution in [0.2, 0.25) is 0 Å². The summed E-state index contributed by atoms with van der Waals surface area (Å²) in [6, 6.07) is 0. The van der Waals surface area contributed by atoms with Crippen LogP contribution in [-0.4, -0.2) is 66.2 Å². The summed E-state index contributed by atoms with van der Waals surface area (Å²) in [5.41, 5.74) is 0. The number of ether oxygens (including phenoxy) is 3. The molecule has 0 aromatic carbocycles. The molecule has 1 heterocycles. The number of hydrogen-bond donors (Lipinski definition) is 3. The lowest BCUT2D eigenvalue weighted by Crippen LogP contribution is -2.56. The van der Waals surface area contributed by atoms with Crippen molar-refractivity contribution in [3.05, 3.63) is 0 Å². The Kier molecular flexibility index (Phi) is 5.29. The van der Waals surface area contributed by atoms with Crippen molar-refractivity contribution in [1.82, 2.24) is 0 Å². The molecule has 1 saturated heterocycles. The maximum absolute atomic E-state index is 10.4. The maximum atomic E-state index is 10.4. The van der Waals surface area contributed by atoms with E-state index in [-0.39, 0.29) is 12.5 Å². The first-order valence-corrected chi connectivity index (χ1v) is 5.31. The third-order valence-electron chi connectivity index (χ3n) is 2.85. The van der Waals surface area contributed by atoms with Crippen LogP contribution >= 0.6 is 0 Å². The van der Waals surface area contributed by atoms with E-state index >= 15 is 0 Å². The van der Waals surface area contributed by atoms with E-state index < -0.39 is 37.2 Å². The predicted molar refractivity (Wildman–Crippen MR) is 55.3 cm³/mol. The highest BCUT2D eigenvalue weighted by atomic mass is 16.7. The first-order valence-electron chi connectivity index (χ1n) is 5.31. The molecule has 7 heteroatoms. The Morgan fingerprint density at radius 3 is 2.59 bits per heavy atom. The number of hydrogen-bond acceptors (Lipinski definition) is 6. The molecule has 5 atom stereocenters. The molecule has 0 aromatic rings. The second-order valence-electron chi connectivity index (χ2n) is 3.98. The third-order valence-corrected chi connectivity index (χ3v) is 2.85. The van der Waals surface area contributed by atoms with E-state index in [9.17, 15) is 9.90 Å². The second-order valence-corrected chi connectivity index (χ2v) is 3.98. The largest absolute Gasteiger partial charge is 0.480 e. The van der Waals surface area contributed by atoms with Crippen LogP contribution in [0.15, 0.2) is 0 Å². The molecule has 1 aliphatic rings. The Bertz CT molecular complexity index is 255. The number of rotatable bonds is 5. The second kappa shape index (κ2) is 6.27. The Labute approximate surface area is 98.9 Å². The lowest BCUT2D eigenvalue weighted by Gasteiger charge is -2.41. The van der Waals surface area contributed by atoms with Crippen molar-refractivity contribution >= 4 is 5.97 Å². The molecule has 0 aliphatic carbocycles. The lowest BCUT2D eigenvalue weighted by atomic mass is 9.91. The van der Waals surface area contributed by atoms with Crippen LogP contribution in [0.25, 0.3) is 0 Å². The van der Waals surface area contributed by atoms with Gasteiger partial charge in [-0.1, -0.05) is 6.92 Å². The van der Waals surface area contributed by atoms with E-state index in [1.54, 1.807) is 6.92 Å². The number of carboxylic acids is 1. The smallest absolute Gasteiger partial charge is 0.329 e. The first kappa shape index (κ1) is 14.3. The molecule has 7 nitrogen and oxygen atoms in total. The van der Waals surface area contributed by atoms with Gasteiger partial charge in [0, 0.05) is 13.0 Å². The van der Waals surface area contributed by atoms with Crippen molar-refractivity contribution in [2.45, 2.75) is 31.5 Å². The Morgan fingerprint density at radius 1 is 1.47 bits per heavy atom. The van der Waals surface area contributed by atoms with Crippen molar-refractivity contribution < 1.29 is 34.3 Å². The Hall–Kier alpha value is -0.730. The highest BCUT2D eigenvalue weighted by Crippen LogP contribution is 2.28. The van der Waals surface area contributed by atoms with Gasteiger partial charge in [-0.15, -0.1) is 0 Å². The van der Waals surface area contributed by atoms with Gasteiger partial charge in [0.15, 0.2) is 6.29 Å². The van der Waals surface area contributed by atoms with Crippen molar-refractivity contribution in [3.63, 3.8) is 0 Å². The van der Waals surface area contributed by atoms with Gasteiger partial charge < -0.3 is 29.5 Å².